The molecule has 140 valence electrons. The maximum Gasteiger partial charge on any atom is 0.249 e. The number of amides is 2. The van der Waals surface area contributed by atoms with Crippen LogP contribution < -0.4 is 16.0 Å². The van der Waals surface area contributed by atoms with Crippen LogP contribution >= 0.6 is 0 Å². The summed E-state index contributed by atoms with van der Waals surface area (Å²) in [5, 5.41) is 9.06. The fraction of sp³-hybridized carbons (Fsp3) is 0.600. The lowest BCUT2D eigenvalue weighted by molar-refractivity contribution is -0.133. The van der Waals surface area contributed by atoms with Gasteiger partial charge in [0.05, 0.1) is 0 Å². The summed E-state index contributed by atoms with van der Waals surface area (Å²) >= 11 is 0. The molecule has 3 N–H and O–H groups in total. The van der Waals surface area contributed by atoms with Gasteiger partial charge in [0, 0.05) is 31.7 Å². The van der Waals surface area contributed by atoms with Gasteiger partial charge in [-0.2, -0.15) is 0 Å². The fourth-order valence-corrected chi connectivity index (χ4v) is 4.21. The van der Waals surface area contributed by atoms with E-state index in [2.05, 4.69) is 39.0 Å². The molecule has 6 heteroatoms. The van der Waals surface area contributed by atoms with Crippen LogP contribution in [0.25, 0.3) is 0 Å². The Balaban J connectivity index is 1.32. The number of anilines is 1. The number of benzene rings is 1. The third-order valence-electron chi connectivity index (χ3n) is 5.91. The molecule has 0 aromatic heterocycles. The van der Waals surface area contributed by atoms with Crippen LogP contribution in [-0.2, 0) is 9.59 Å². The van der Waals surface area contributed by atoms with Crippen LogP contribution in [-0.4, -0.2) is 55.5 Å². The summed E-state index contributed by atoms with van der Waals surface area (Å²) in [7, 11) is 0. The molecule has 0 aliphatic carbocycles. The predicted molar refractivity (Wildman–Crippen MR) is 101 cm³/mol. The van der Waals surface area contributed by atoms with Gasteiger partial charge in [-0.1, -0.05) is 12.1 Å². The van der Waals surface area contributed by atoms with E-state index in [0.29, 0.717) is 18.8 Å². The maximum atomic E-state index is 11.9. The van der Waals surface area contributed by atoms with E-state index >= 15 is 0 Å². The van der Waals surface area contributed by atoms with E-state index in [9.17, 15) is 9.59 Å². The van der Waals surface area contributed by atoms with E-state index < -0.39 is 0 Å². The van der Waals surface area contributed by atoms with E-state index in [1.54, 1.807) is 0 Å². The topological polar surface area (TPSA) is 73.5 Å². The SMILES string of the molecule is O=C1CC[C@@H](Nc2cccc(C3CCN(CC4CNC4)CC3)c2)C(=O)N1. The Bertz CT molecular complexity index is 666. The van der Waals surface area contributed by atoms with Crippen molar-refractivity contribution in [3.8, 4) is 0 Å². The van der Waals surface area contributed by atoms with Gasteiger partial charge in [-0.25, -0.2) is 0 Å². The second kappa shape index (κ2) is 7.76. The Morgan fingerprint density at radius 2 is 1.92 bits per heavy atom. The van der Waals surface area contributed by atoms with Crippen molar-refractivity contribution < 1.29 is 9.59 Å². The van der Waals surface area contributed by atoms with E-state index in [-0.39, 0.29) is 17.9 Å². The van der Waals surface area contributed by atoms with E-state index in [4.69, 9.17) is 0 Å². The molecule has 3 aliphatic rings. The number of carbonyl (C=O) groups excluding carboxylic acids is 2. The zero-order valence-corrected chi connectivity index (χ0v) is 15.2. The number of piperidine rings is 2. The first kappa shape index (κ1) is 17.5. The molecule has 2 amide bonds. The zero-order valence-electron chi connectivity index (χ0n) is 15.2. The normalized spacial score (nSPS) is 25.6. The third kappa shape index (κ3) is 4.07. The lowest BCUT2D eigenvalue weighted by Gasteiger charge is -2.37. The van der Waals surface area contributed by atoms with Gasteiger partial charge >= 0.3 is 0 Å². The molecular weight excluding hydrogens is 328 g/mol. The lowest BCUT2D eigenvalue weighted by Crippen LogP contribution is -2.49. The molecule has 1 aromatic carbocycles. The first-order valence-corrected chi connectivity index (χ1v) is 9.80. The number of likely N-dealkylation sites (tertiary alicyclic amines) is 1. The van der Waals surface area contributed by atoms with Crippen molar-refractivity contribution in [2.24, 2.45) is 5.92 Å². The standard InChI is InChI=1S/C20H28N4O2/c25-19-5-4-18(20(26)23-19)22-17-3-1-2-16(10-17)15-6-8-24(9-7-15)13-14-11-21-12-14/h1-3,10,14-15,18,21-22H,4-9,11-13H2,(H,23,25,26)/t18-/m1/s1. The van der Waals surface area contributed by atoms with Crippen molar-refractivity contribution in [2.75, 3.05) is 38.0 Å². The van der Waals surface area contributed by atoms with Crippen LogP contribution in [0.2, 0.25) is 0 Å². The number of hydrogen-bond acceptors (Lipinski definition) is 5. The number of imide groups is 1. The maximum absolute atomic E-state index is 11.9. The molecule has 0 spiro atoms. The minimum absolute atomic E-state index is 0.175. The van der Waals surface area contributed by atoms with E-state index in [0.717, 1.165) is 11.6 Å². The van der Waals surface area contributed by atoms with Crippen LogP contribution in [0.4, 0.5) is 5.69 Å². The van der Waals surface area contributed by atoms with Gasteiger partial charge in [0.1, 0.15) is 6.04 Å². The van der Waals surface area contributed by atoms with Gasteiger partial charge in [0.15, 0.2) is 0 Å². The second-order valence-corrected chi connectivity index (χ2v) is 7.87. The van der Waals surface area contributed by atoms with Crippen molar-refractivity contribution in [3.63, 3.8) is 0 Å². The van der Waals surface area contributed by atoms with Gasteiger partial charge in [-0.3, -0.25) is 14.9 Å². The molecule has 3 saturated heterocycles. The van der Waals surface area contributed by atoms with Crippen molar-refractivity contribution in [3.05, 3.63) is 29.8 Å². The molecule has 1 atom stereocenters. The monoisotopic (exact) mass is 356 g/mol. The molecule has 1 aromatic rings. The Labute approximate surface area is 154 Å². The largest absolute Gasteiger partial charge is 0.374 e. The Kier molecular flexibility index (Phi) is 5.22. The number of carbonyl (C=O) groups is 2. The summed E-state index contributed by atoms with van der Waals surface area (Å²) in [6, 6.07) is 8.13. The summed E-state index contributed by atoms with van der Waals surface area (Å²) in [6.45, 7) is 5.93. The molecule has 0 saturated carbocycles. The number of nitrogens with one attached hydrogen (secondary N) is 3. The molecule has 3 aliphatic heterocycles. The van der Waals surface area contributed by atoms with Crippen LogP contribution in [0.15, 0.2) is 24.3 Å². The first-order chi connectivity index (χ1) is 12.7. The lowest BCUT2D eigenvalue weighted by atomic mass is 9.88. The third-order valence-corrected chi connectivity index (χ3v) is 5.91. The highest BCUT2D eigenvalue weighted by atomic mass is 16.2. The highest BCUT2D eigenvalue weighted by molar-refractivity contribution is 6.01. The van der Waals surface area contributed by atoms with Crippen LogP contribution in [0.3, 0.4) is 0 Å². The van der Waals surface area contributed by atoms with E-state index in [1.165, 1.54) is 51.1 Å². The summed E-state index contributed by atoms with van der Waals surface area (Å²) in [6.07, 6.45) is 3.35. The Hall–Kier alpha value is -1.92. The highest BCUT2D eigenvalue weighted by Crippen LogP contribution is 2.30. The van der Waals surface area contributed by atoms with Gasteiger partial charge in [-0.15, -0.1) is 0 Å². The minimum atomic E-state index is -0.319. The highest BCUT2D eigenvalue weighted by Gasteiger charge is 2.27. The molecule has 3 fully saturated rings. The van der Waals surface area contributed by atoms with Gasteiger partial charge < -0.3 is 15.5 Å². The molecule has 26 heavy (non-hydrogen) atoms. The van der Waals surface area contributed by atoms with Crippen LogP contribution in [0.1, 0.15) is 37.2 Å². The second-order valence-electron chi connectivity index (χ2n) is 7.87. The average molecular weight is 356 g/mol. The van der Waals surface area contributed by atoms with Gasteiger partial charge in [0.25, 0.3) is 0 Å². The molecule has 0 radical (unpaired) electrons. The summed E-state index contributed by atoms with van der Waals surface area (Å²) in [5.41, 5.74) is 2.33. The van der Waals surface area contributed by atoms with Crippen molar-refractivity contribution in [2.45, 2.75) is 37.6 Å². The molecular formula is C20H28N4O2. The first-order valence-electron chi connectivity index (χ1n) is 9.80. The molecule has 3 heterocycles. The molecule has 0 bridgehead atoms. The van der Waals surface area contributed by atoms with Gasteiger partial charge in [-0.05, 0) is 61.9 Å². The number of nitrogens with zero attached hydrogens (tertiary/aromatic N) is 1. The van der Waals surface area contributed by atoms with Crippen molar-refractivity contribution in [1.82, 2.24) is 15.5 Å². The summed E-state index contributed by atoms with van der Waals surface area (Å²) in [4.78, 5) is 25.8. The summed E-state index contributed by atoms with van der Waals surface area (Å²) in [5.74, 6) is 1.04. The zero-order chi connectivity index (χ0) is 17.9. The minimum Gasteiger partial charge on any atom is -0.374 e. The molecule has 6 nitrogen and oxygen atoms in total. The average Bonchev–Trinajstić information content (AvgIpc) is 2.61. The quantitative estimate of drug-likeness (QED) is 0.694. The number of hydrogen-bond donors (Lipinski definition) is 3. The summed E-state index contributed by atoms with van der Waals surface area (Å²) < 4.78 is 0. The van der Waals surface area contributed by atoms with Crippen molar-refractivity contribution in [1.29, 1.82) is 0 Å². The smallest absolute Gasteiger partial charge is 0.249 e. The fourth-order valence-electron chi connectivity index (χ4n) is 4.21. The molecule has 0 unspecified atom stereocenters. The van der Waals surface area contributed by atoms with E-state index in [1.807, 2.05) is 6.07 Å². The van der Waals surface area contributed by atoms with Crippen molar-refractivity contribution >= 4 is 17.5 Å². The Morgan fingerprint density at radius 3 is 2.62 bits per heavy atom. The molecule has 4 rings (SSSR count). The Morgan fingerprint density at radius 1 is 1.12 bits per heavy atom. The van der Waals surface area contributed by atoms with Crippen LogP contribution in [0, 0.1) is 5.92 Å². The number of rotatable bonds is 5. The van der Waals surface area contributed by atoms with Crippen LogP contribution in [0.5, 0.6) is 0 Å². The van der Waals surface area contributed by atoms with Gasteiger partial charge in [0.2, 0.25) is 11.8 Å². The predicted octanol–water partition coefficient (Wildman–Crippen LogP) is 1.30.